The van der Waals surface area contributed by atoms with Gasteiger partial charge in [0, 0.05) is 32.6 Å². The molecular formula is C20H28N2O3S. The summed E-state index contributed by atoms with van der Waals surface area (Å²) in [7, 11) is 1.67. The van der Waals surface area contributed by atoms with E-state index >= 15 is 0 Å². The highest BCUT2D eigenvalue weighted by atomic mass is 32.1. The van der Waals surface area contributed by atoms with Gasteiger partial charge in [0.2, 0.25) is 5.91 Å². The fraction of sp³-hybridized carbons (Fsp3) is 0.500. The highest BCUT2D eigenvalue weighted by Gasteiger charge is 2.12. The number of rotatable bonds is 9. The second-order valence-electron chi connectivity index (χ2n) is 6.51. The zero-order valence-electron chi connectivity index (χ0n) is 16.3. The molecule has 142 valence electrons. The summed E-state index contributed by atoms with van der Waals surface area (Å²) in [5, 5.41) is 2.92. The van der Waals surface area contributed by atoms with E-state index in [1.54, 1.807) is 30.3 Å². The summed E-state index contributed by atoms with van der Waals surface area (Å²) < 4.78 is 11.0. The maximum atomic E-state index is 11.8. The minimum Gasteiger partial charge on any atom is -0.486 e. The van der Waals surface area contributed by atoms with Gasteiger partial charge in [-0.1, -0.05) is 6.07 Å². The average Bonchev–Trinajstić information content (AvgIpc) is 3.03. The number of carbonyl (C=O) groups excluding carboxylic acids is 1. The molecule has 0 bridgehead atoms. The molecule has 1 heterocycles. The molecule has 1 amide bonds. The van der Waals surface area contributed by atoms with E-state index in [2.05, 4.69) is 37.9 Å². The Labute approximate surface area is 160 Å². The van der Waals surface area contributed by atoms with Crippen LogP contribution in [0.3, 0.4) is 0 Å². The number of hydrogen-bond acceptors (Lipinski definition) is 5. The van der Waals surface area contributed by atoms with E-state index in [9.17, 15) is 4.79 Å². The van der Waals surface area contributed by atoms with Gasteiger partial charge in [-0.15, -0.1) is 11.3 Å². The Hall–Kier alpha value is -1.92. The lowest BCUT2D eigenvalue weighted by Gasteiger charge is -2.19. The zero-order valence-corrected chi connectivity index (χ0v) is 17.1. The van der Waals surface area contributed by atoms with Gasteiger partial charge in [-0.2, -0.15) is 0 Å². The number of amides is 1. The van der Waals surface area contributed by atoms with Gasteiger partial charge < -0.3 is 14.4 Å². The molecule has 0 aliphatic rings. The number of thiazole rings is 1. The summed E-state index contributed by atoms with van der Waals surface area (Å²) in [6, 6.07) is 4.22. The molecule has 2 rings (SSSR count). The van der Waals surface area contributed by atoms with E-state index in [-0.39, 0.29) is 5.91 Å². The first-order chi connectivity index (χ1) is 12.4. The lowest BCUT2D eigenvalue weighted by Crippen LogP contribution is -2.30. The van der Waals surface area contributed by atoms with Crippen molar-refractivity contribution in [2.24, 2.45) is 0 Å². The van der Waals surface area contributed by atoms with Crippen molar-refractivity contribution < 1.29 is 14.3 Å². The lowest BCUT2D eigenvalue weighted by atomic mass is 10.1. The average molecular weight is 377 g/mol. The lowest BCUT2D eigenvalue weighted by molar-refractivity contribution is -0.129. The minimum atomic E-state index is 0.0535. The first-order valence-corrected chi connectivity index (χ1v) is 9.67. The SMILES string of the molecule is COCCCN(Cc1csc(COc2cc(C)cc(C)c2C)n1)C(C)=O. The Morgan fingerprint density at radius 1 is 1.27 bits per heavy atom. The normalized spacial score (nSPS) is 10.8. The third-order valence-electron chi connectivity index (χ3n) is 4.29. The van der Waals surface area contributed by atoms with Crippen molar-refractivity contribution in [2.45, 2.75) is 47.3 Å². The van der Waals surface area contributed by atoms with Crippen molar-refractivity contribution in [1.82, 2.24) is 9.88 Å². The van der Waals surface area contributed by atoms with Crippen molar-refractivity contribution in [3.8, 4) is 5.75 Å². The summed E-state index contributed by atoms with van der Waals surface area (Å²) in [6.45, 7) is 10.1. The maximum Gasteiger partial charge on any atom is 0.219 e. The van der Waals surface area contributed by atoms with Crippen molar-refractivity contribution in [2.75, 3.05) is 20.3 Å². The van der Waals surface area contributed by atoms with Gasteiger partial charge in [0.05, 0.1) is 12.2 Å². The van der Waals surface area contributed by atoms with E-state index in [4.69, 9.17) is 9.47 Å². The summed E-state index contributed by atoms with van der Waals surface area (Å²) in [6.07, 6.45) is 0.822. The molecular weight excluding hydrogens is 348 g/mol. The topological polar surface area (TPSA) is 51.7 Å². The van der Waals surface area contributed by atoms with Crippen molar-refractivity contribution in [1.29, 1.82) is 0 Å². The van der Waals surface area contributed by atoms with Crippen LogP contribution in [0.4, 0.5) is 0 Å². The molecule has 0 atom stereocenters. The van der Waals surface area contributed by atoms with Crippen LogP contribution in [0.2, 0.25) is 0 Å². The molecule has 0 radical (unpaired) electrons. The summed E-state index contributed by atoms with van der Waals surface area (Å²) in [4.78, 5) is 18.2. The molecule has 6 heteroatoms. The molecule has 0 unspecified atom stereocenters. The number of aryl methyl sites for hydroxylation is 2. The second kappa shape index (κ2) is 9.69. The summed E-state index contributed by atoms with van der Waals surface area (Å²) >= 11 is 1.57. The fourth-order valence-electron chi connectivity index (χ4n) is 2.72. The van der Waals surface area contributed by atoms with Crippen LogP contribution >= 0.6 is 11.3 Å². The van der Waals surface area contributed by atoms with Crippen LogP contribution in [0.25, 0.3) is 0 Å². The standard InChI is InChI=1S/C20H28N2O3S/c1-14-9-15(2)16(3)19(10-14)25-12-20-21-18(13-26-20)11-22(17(4)23)7-6-8-24-5/h9-10,13H,6-8,11-12H2,1-5H3. The molecule has 0 saturated heterocycles. The van der Waals surface area contributed by atoms with Crippen molar-refractivity contribution in [3.05, 3.63) is 44.9 Å². The number of benzene rings is 1. The second-order valence-corrected chi connectivity index (χ2v) is 7.46. The number of methoxy groups -OCH3 is 1. The number of nitrogens with zero attached hydrogens (tertiary/aromatic N) is 2. The van der Waals surface area contributed by atoms with Gasteiger partial charge >= 0.3 is 0 Å². The molecule has 0 saturated carbocycles. The molecule has 5 nitrogen and oxygen atoms in total. The third kappa shape index (κ3) is 5.81. The molecule has 26 heavy (non-hydrogen) atoms. The Morgan fingerprint density at radius 2 is 2.04 bits per heavy atom. The largest absolute Gasteiger partial charge is 0.486 e. The highest BCUT2D eigenvalue weighted by Crippen LogP contribution is 2.24. The van der Waals surface area contributed by atoms with Gasteiger partial charge in [0.25, 0.3) is 0 Å². The molecule has 1 aromatic heterocycles. The van der Waals surface area contributed by atoms with E-state index in [1.807, 2.05) is 5.38 Å². The number of aromatic nitrogens is 1. The van der Waals surface area contributed by atoms with Gasteiger partial charge in [-0.05, 0) is 49.9 Å². The Morgan fingerprint density at radius 3 is 2.73 bits per heavy atom. The molecule has 1 aromatic carbocycles. The van der Waals surface area contributed by atoms with Crippen LogP contribution in [0.5, 0.6) is 5.75 Å². The van der Waals surface area contributed by atoms with Crippen LogP contribution in [-0.2, 0) is 22.7 Å². The van der Waals surface area contributed by atoms with Gasteiger partial charge in [-0.25, -0.2) is 4.98 Å². The van der Waals surface area contributed by atoms with Crippen LogP contribution < -0.4 is 4.74 Å². The molecule has 0 spiro atoms. The molecule has 0 aliphatic carbocycles. The number of carbonyl (C=O) groups is 1. The predicted octanol–water partition coefficient (Wildman–Crippen LogP) is 4.03. The van der Waals surface area contributed by atoms with Crippen molar-refractivity contribution in [3.63, 3.8) is 0 Å². The summed E-state index contributed by atoms with van der Waals surface area (Å²) in [5.74, 6) is 0.960. The summed E-state index contributed by atoms with van der Waals surface area (Å²) in [5.41, 5.74) is 4.48. The van der Waals surface area contributed by atoms with E-state index in [1.165, 1.54) is 11.1 Å². The Kier molecular flexibility index (Phi) is 7.60. The van der Waals surface area contributed by atoms with Gasteiger partial charge in [0.1, 0.15) is 17.4 Å². The van der Waals surface area contributed by atoms with Crippen LogP contribution in [-0.4, -0.2) is 36.1 Å². The van der Waals surface area contributed by atoms with Gasteiger partial charge in [0.15, 0.2) is 0 Å². The van der Waals surface area contributed by atoms with Crippen LogP contribution in [0.1, 0.15) is 40.7 Å². The fourth-order valence-corrected chi connectivity index (χ4v) is 3.42. The first-order valence-electron chi connectivity index (χ1n) is 8.79. The Bertz CT molecular complexity index is 743. The van der Waals surface area contributed by atoms with Crippen LogP contribution in [0.15, 0.2) is 17.5 Å². The molecule has 0 fully saturated rings. The highest BCUT2D eigenvalue weighted by molar-refractivity contribution is 7.09. The van der Waals surface area contributed by atoms with Crippen LogP contribution in [0, 0.1) is 20.8 Å². The third-order valence-corrected chi connectivity index (χ3v) is 5.16. The monoisotopic (exact) mass is 376 g/mol. The van der Waals surface area contributed by atoms with Crippen molar-refractivity contribution >= 4 is 17.2 Å². The quantitative estimate of drug-likeness (QED) is 0.620. The molecule has 2 aromatic rings. The minimum absolute atomic E-state index is 0.0535. The Balaban J connectivity index is 1.95. The van der Waals surface area contributed by atoms with E-state index in [0.29, 0.717) is 26.3 Å². The van der Waals surface area contributed by atoms with Gasteiger partial charge in [-0.3, -0.25) is 4.79 Å². The number of ether oxygens (including phenoxy) is 2. The van der Waals surface area contributed by atoms with E-state index in [0.717, 1.165) is 28.4 Å². The smallest absolute Gasteiger partial charge is 0.219 e. The molecule has 0 aliphatic heterocycles. The number of hydrogen-bond donors (Lipinski definition) is 0. The zero-order chi connectivity index (χ0) is 19.1. The predicted molar refractivity (Wildman–Crippen MR) is 105 cm³/mol. The molecule has 0 N–H and O–H groups in total. The first kappa shape index (κ1) is 20.4. The van der Waals surface area contributed by atoms with E-state index < -0.39 is 0 Å². The maximum absolute atomic E-state index is 11.8.